The van der Waals surface area contributed by atoms with Crippen LogP contribution in [0, 0.1) is 6.92 Å². The molecular weight excluding hydrogens is 404 g/mol. The first-order chi connectivity index (χ1) is 14.7. The molecule has 1 unspecified atom stereocenters. The minimum atomic E-state index is -0.208. The first-order valence-corrected chi connectivity index (χ1v) is 11.7. The lowest BCUT2D eigenvalue weighted by Crippen LogP contribution is -2.48. The van der Waals surface area contributed by atoms with Crippen LogP contribution in [-0.4, -0.2) is 28.1 Å². The summed E-state index contributed by atoms with van der Waals surface area (Å²) in [5.41, 5.74) is 5.82. The minimum absolute atomic E-state index is 0.120. The Morgan fingerprint density at radius 2 is 1.87 bits per heavy atom. The van der Waals surface area contributed by atoms with Gasteiger partial charge >= 0.3 is 0 Å². The Hall–Kier alpha value is -2.53. The van der Waals surface area contributed by atoms with Crippen molar-refractivity contribution < 1.29 is 9.59 Å². The maximum atomic E-state index is 13.0. The van der Waals surface area contributed by atoms with Crippen LogP contribution in [-0.2, 0) is 11.3 Å². The van der Waals surface area contributed by atoms with Crippen LogP contribution < -0.4 is 4.90 Å². The summed E-state index contributed by atoms with van der Waals surface area (Å²) in [5, 5.41) is -0.206. The third-order valence-corrected chi connectivity index (χ3v) is 7.34. The van der Waals surface area contributed by atoms with E-state index in [1.54, 1.807) is 0 Å². The second-order valence-corrected chi connectivity index (χ2v) is 10.2. The number of hydrogen-bond acceptors (Lipinski definition) is 4. The summed E-state index contributed by atoms with van der Waals surface area (Å²) >= 11 is 1.04. The number of fused-ring (bicyclic) bond motifs is 1. The molecule has 4 rings (SSSR count). The molecule has 1 saturated heterocycles. The predicted octanol–water partition coefficient (Wildman–Crippen LogP) is 6.34. The van der Waals surface area contributed by atoms with E-state index in [1.165, 1.54) is 16.2 Å². The fourth-order valence-electron chi connectivity index (χ4n) is 4.95. The van der Waals surface area contributed by atoms with Gasteiger partial charge in [-0.25, -0.2) is 0 Å². The Labute approximate surface area is 189 Å². The molecule has 0 N–H and O–H groups in total. The van der Waals surface area contributed by atoms with Gasteiger partial charge in [-0.15, -0.1) is 0 Å². The van der Waals surface area contributed by atoms with Gasteiger partial charge in [-0.2, -0.15) is 0 Å². The molecular formula is C26H30N2O2S. The summed E-state index contributed by atoms with van der Waals surface area (Å²) in [6.07, 6.45) is 2.98. The lowest BCUT2D eigenvalue weighted by atomic mass is 9.79. The van der Waals surface area contributed by atoms with Crippen molar-refractivity contribution in [3.8, 4) is 0 Å². The Balaban J connectivity index is 1.66. The van der Waals surface area contributed by atoms with Crippen molar-refractivity contribution in [2.45, 2.75) is 59.0 Å². The van der Waals surface area contributed by atoms with Crippen LogP contribution in [0.2, 0.25) is 0 Å². The number of benzene rings is 2. The highest BCUT2D eigenvalue weighted by Gasteiger charge is 2.37. The third kappa shape index (κ3) is 4.03. The Bertz CT molecular complexity index is 1060. The number of thioether (sulfide) groups is 1. The van der Waals surface area contributed by atoms with Gasteiger partial charge in [0.05, 0.1) is 11.4 Å². The van der Waals surface area contributed by atoms with Crippen molar-refractivity contribution in [2.75, 3.05) is 11.4 Å². The normalized spacial score (nSPS) is 21.7. The summed E-state index contributed by atoms with van der Waals surface area (Å²) in [6, 6.07) is 14.1. The van der Waals surface area contributed by atoms with Gasteiger partial charge in [0.15, 0.2) is 0 Å². The lowest BCUT2D eigenvalue weighted by molar-refractivity contribution is -0.123. The molecule has 2 amide bonds. The largest absolute Gasteiger partial charge is 0.366 e. The van der Waals surface area contributed by atoms with Gasteiger partial charge in [-0.1, -0.05) is 37.3 Å². The molecule has 5 heteroatoms. The van der Waals surface area contributed by atoms with Crippen molar-refractivity contribution >= 4 is 34.7 Å². The number of nitrogens with zero attached hydrogens (tertiary/aromatic N) is 2. The van der Waals surface area contributed by atoms with Crippen molar-refractivity contribution in [3.63, 3.8) is 0 Å². The zero-order valence-corrected chi connectivity index (χ0v) is 19.8. The average molecular weight is 435 g/mol. The van der Waals surface area contributed by atoms with Gasteiger partial charge in [0.1, 0.15) is 0 Å². The zero-order valence-electron chi connectivity index (χ0n) is 18.9. The summed E-state index contributed by atoms with van der Waals surface area (Å²) < 4.78 is 0. The Morgan fingerprint density at radius 1 is 1.16 bits per heavy atom. The highest BCUT2D eigenvalue weighted by molar-refractivity contribution is 8.18. The number of amides is 2. The number of carbonyl (C=O) groups is 2. The fraction of sp³-hybridized carbons (Fsp3) is 0.385. The topological polar surface area (TPSA) is 40.6 Å². The predicted molar refractivity (Wildman–Crippen MR) is 129 cm³/mol. The van der Waals surface area contributed by atoms with Crippen molar-refractivity contribution in [2.24, 2.45) is 0 Å². The van der Waals surface area contributed by atoms with Crippen LogP contribution in [0.3, 0.4) is 0 Å². The summed E-state index contributed by atoms with van der Waals surface area (Å²) in [4.78, 5) is 29.8. The van der Waals surface area contributed by atoms with Crippen LogP contribution in [0.15, 0.2) is 47.4 Å². The van der Waals surface area contributed by atoms with Crippen molar-refractivity contribution in [3.05, 3.63) is 69.6 Å². The molecule has 4 nitrogen and oxygen atoms in total. The molecule has 0 aliphatic carbocycles. The van der Waals surface area contributed by atoms with E-state index in [0.717, 1.165) is 41.4 Å². The Kier molecular flexibility index (Phi) is 5.73. The van der Waals surface area contributed by atoms with E-state index < -0.39 is 0 Å². The molecule has 0 spiro atoms. The van der Waals surface area contributed by atoms with Gasteiger partial charge in [0.25, 0.3) is 11.1 Å². The third-order valence-electron chi connectivity index (χ3n) is 6.43. The second-order valence-electron chi connectivity index (χ2n) is 9.18. The molecule has 2 aliphatic rings. The minimum Gasteiger partial charge on any atom is -0.366 e. The standard InChI is InChI=1S/C26H30N2O2S/c1-6-28-22-12-17(2)20(13-21(22)18(3)15-26(28,4)5)14-23-24(29)27(25(30)31-23)16-19-10-8-7-9-11-19/h7-14,18H,6,15-16H2,1-5H3/b23-14-. The van der Waals surface area contributed by atoms with Gasteiger partial charge in [-0.3, -0.25) is 14.5 Å². The van der Waals surface area contributed by atoms with Crippen LogP contribution in [0.4, 0.5) is 10.5 Å². The molecule has 31 heavy (non-hydrogen) atoms. The molecule has 0 saturated carbocycles. The SMILES string of the molecule is CCN1c2cc(C)c(/C=C3\SC(=O)N(Cc4ccccc4)C3=O)cc2C(C)CC1(C)C. The smallest absolute Gasteiger partial charge is 0.293 e. The molecule has 0 aromatic heterocycles. The molecule has 162 valence electrons. The Morgan fingerprint density at radius 3 is 2.55 bits per heavy atom. The number of aryl methyl sites for hydroxylation is 1. The van der Waals surface area contributed by atoms with E-state index in [1.807, 2.05) is 36.4 Å². The lowest BCUT2D eigenvalue weighted by Gasteiger charge is -2.47. The molecule has 2 heterocycles. The molecule has 2 aliphatic heterocycles. The fourth-order valence-corrected chi connectivity index (χ4v) is 5.78. The monoisotopic (exact) mass is 434 g/mol. The van der Waals surface area contributed by atoms with Gasteiger partial charge in [-0.05, 0) is 92.3 Å². The number of imide groups is 1. The van der Waals surface area contributed by atoms with Crippen LogP contribution in [0.1, 0.15) is 62.3 Å². The highest BCUT2D eigenvalue weighted by atomic mass is 32.2. The zero-order chi connectivity index (χ0) is 22.3. The average Bonchev–Trinajstić information content (AvgIpc) is 2.97. The highest BCUT2D eigenvalue weighted by Crippen LogP contribution is 2.45. The summed E-state index contributed by atoms with van der Waals surface area (Å²) in [5.74, 6) is 0.231. The van der Waals surface area contributed by atoms with E-state index in [0.29, 0.717) is 17.4 Å². The maximum Gasteiger partial charge on any atom is 0.293 e. The first kappa shape index (κ1) is 21.7. The quantitative estimate of drug-likeness (QED) is 0.526. The van der Waals surface area contributed by atoms with Crippen LogP contribution in [0.25, 0.3) is 6.08 Å². The molecule has 1 atom stereocenters. The molecule has 0 bridgehead atoms. The molecule has 2 aromatic carbocycles. The van der Waals surface area contributed by atoms with Gasteiger partial charge < -0.3 is 4.90 Å². The van der Waals surface area contributed by atoms with Crippen molar-refractivity contribution in [1.29, 1.82) is 0 Å². The molecule has 1 fully saturated rings. The first-order valence-electron chi connectivity index (χ1n) is 10.9. The number of rotatable bonds is 4. The second kappa shape index (κ2) is 8.19. The number of anilines is 1. The maximum absolute atomic E-state index is 13.0. The van der Waals surface area contributed by atoms with Gasteiger partial charge in [0, 0.05) is 17.8 Å². The summed E-state index contributed by atoms with van der Waals surface area (Å²) in [7, 11) is 0. The van der Waals surface area contributed by atoms with E-state index in [4.69, 9.17) is 0 Å². The van der Waals surface area contributed by atoms with E-state index >= 15 is 0 Å². The van der Waals surface area contributed by atoms with E-state index in [2.05, 4.69) is 51.7 Å². The van der Waals surface area contributed by atoms with Gasteiger partial charge in [0.2, 0.25) is 0 Å². The van der Waals surface area contributed by atoms with Crippen LogP contribution in [0.5, 0.6) is 0 Å². The summed E-state index contributed by atoms with van der Waals surface area (Å²) in [6.45, 7) is 12.5. The molecule has 0 radical (unpaired) electrons. The number of carbonyl (C=O) groups excluding carboxylic acids is 2. The van der Waals surface area contributed by atoms with Crippen molar-refractivity contribution in [1.82, 2.24) is 4.90 Å². The van der Waals surface area contributed by atoms with E-state index in [-0.39, 0.29) is 16.7 Å². The number of hydrogen-bond donors (Lipinski definition) is 0. The van der Waals surface area contributed by atoms with Crippen LogP contribution >= 0.6 is 11.8 Å². The van der Waals surface area contributed by atoms with E-state index in [9.17, 15) is 9.59 Å². The molecule has 2 aromatic rings.